The maximum atomic E-state index is 8.81. The highest BCUT2D eigenvalue weighted by Crippen LogP contribution is 2.25. The molecule has 0 N–H and O–H groups in total. The quantitative estimate of drug-likeness (QED) is 0.523. The predicted octanol–water partition coefficient (Wildman–Crippen LogP) is 4.58. The summed E-state index contributed by atoms with van der Waals surface area (Å²) < 4.78 is 7.85. The van der Waals surface area contributed by atoms with Crippen molar-refractivity contribution < 1.29 is 4.42 Å². The molecule has 23 heavy (non-hydrogen) atoms. The fourth-order valence-corrected chi connectivity index (χ4v) is 2.35. The maximum absolute atomic E-state index is 8.81. The third kappa shape index (κ3) is 3.23. The molecule has 0 aliphatic heterocycles. The average Bonchev–Trinajstić information content (AvgIpc) is 3.22. The Morgan fingerprint density at radius 2 is 2.00 bits per heavy atom. The van der Waals surface area contributed by atoms with Crippen molar-refractivity contribution in [1.29, 1.82) is 5.26 Å². The first-order valence-corrected chi connectivity index (χ1v) is 7.08. The molecule has 2 aromatic heterocycles. The van der Waals surface area contributed by atoms with Crippen molar-refractivity contribution in [2.24, 2.45) is 0 Å². The second kappa shape index (κ2) is 6.51. The molecule has 0 fully saturated rings. The van der Waals surface area contributed by atoms with Crippen LogP contribution in [0.2, 0.25) is 0 Å². The summed E-state index contributed by atoms with van der Waals surface area (Å²) in [5.41, 5.74) is 2.16. The molecule has 4 nitrogen and oxygen atoms in total. The summed E-state index contributed by atoms with van der Waals surface area (Å²) in [6, 6.07) is 19.6. The minimum atomic E-state index is 0.00516. The topological polar surface area (TPSA) is 46.2 Å². The number of hydrogen-bond donors (Lipinski definition) is 0. The van der Waals surface area contributed by atoms with Crippen molar-refractivity contribution in [3.63, 3.8) is 0 Å². The van der Waals surface area contributed by atoms with E-state index in [4.69, 9.17) is 16.3 Å². The van der Waals surface area contributed by atoms with Gasteiger partial charge in [-0.15, -0.1) is 0 Å². The molecule has 1 aromatic carbocycles. The maximum Gasteiger partial charge on any atom is 0.265 e. The third-order valence-corrected chi connectivity index (χ3v) is 3.42. The third-order valence-electron chi connectivity index (χ3n) is 3.42. The zero-order chi connectivity index (χ0) is 16.1. The van der Waals surface area contributed by atoms with E-state index in [-0.39, 0.29) is 5.70 Å². The van der Waals surface area contributed by atoms with Gasteiger partial charge in [-0.3, -0.25) is 0 Å². The monoisotopic (exact) mass is 299 g/mol. The number of nitriles is 1. The van der Waals surface area contributed by atoms with E-state index in [0.717, 1.165) is 12.2 Å². The highest BCUT2D eigenvalue weighted by atomic mass is 16.3. The molecule has 0 aliphatic rings. The van der Waals surface area contributed by atoms with Gasteiger partial charge in [0.25, 0.3) is 5.70 Å². The molecule has 3 rings (SSSR count). The van der Waals surface area contributed by atoms with Gasteiger partial charge >= 0.3 is 0 Å². The molecular weight excluding hydrogens is 286 g/mol. The molecule has 0 aliphatic carbocycles. The van der Waals surface area contributed by atoms with Gasteiger partial charge in [0.2, 0.25) is 0 Å². The fourth-order valence-electron chi connectivity index (χ4n) is 2.35. The lowest BCUT2D eigenvalue weighted by Crippen LogP contribution is -1.99. The van der Waals surface area contributed by atoms with Crippen LogP contribution in [0.4, 0.5) is 0 Å². The molecule has 0 bridgehead atoms. The SMILES string of the molecule is [C-]#[N+]/C(C#N)=C/c1ccc(-c2cccn2Cc2ccccc2)o1. The fraction of sp³-hybridized carbons (Fsp3) is 0.0526. The molecule has 0 atom stereocenters. The average molecular weight is 299 g/mol. The summed E-state index contributed by atoms with van der Waals surface area (Å²) >= 11 is 0. The van der Waals surface area contributed by atoms with Gasteiger partial charge in [0.1, 0.15) is 5.76 Å². The Kier molecular flexibility index (Phi) is 4.09. The van der Waals surface area contributed by atoms with E-state index in [0.29, 0.717) is 11.5 Å². The standard InChI is InChI=1S/C19H13N3O/c1-21-16(13-20)12-17-9-10-19(23-17)18-8-5-11-22(18)14-15-6-3-2-4-7-15/h2-12H,14H2/b16-12+. The smallest absolute Gasteiger partial charge is 0.265 e. The van der Waals surface area contributed by atoms with Gasteiger partial charge in [-0.25, -0.2) is 10.1 Å². The van der Waals surface area contributed by atoms with E-state index in [9.17, 15) is 0 Å². The first kappa shape index (κ1) is 14.4. The molecule has 0 saturated carbocycles. The first-order chi connectivity index (χ1) is 11.3. The van der Waals surface area contributed by atoms with Crippen LogP contribution in [0.25, 0.3) is 22.4 Å². The number of allylic oxidation sites excluding steroid dienone is 1. The van der Waals surface area contributed by atoms with Crippen molar-refractivity contribution in [3.05, 3.63) is 89.2 Å². The predicted molar refractivity (Wildman–Crippen MR) is 87.9 cm³/mol. The summed E-state index contributed by atoms with van der Waals surface area (Å²) in [5.74, 6) is 1.21. The van der Waals surface area contributed by atoms with Crippen LogP contribution >= 0.6 is 0 Å². The second-order valence-electron chi connectivity index (χ2n) is 4.96. The molecule has 0 amide bonds. The van der Waals surface area contributed by atoms with Crippen LogP contribution in [0.5, 0.6) is 0 Å². The molecule has 3 aromatic rings. The van der Waals surface area contributed by atoms with Crippen LogP contribution in [-0.2, 0) is 6.54 Å². The Morgan fingerprint density at radius 3 is 2.74 bits per heavy atom. The lowest BCUT2D eigenvalue weighted by molar-refractivity contribution is 0.564. The zero-order valence-corrected chi connectivity index (χ0v) is 12.3. The van der Waals surface area contributed by atoms with Gasteiger partial charge in [0, 0.05) is 12.7 Å². The van der Waals surface area contributed by atoms with E-state index in [1.54, 1.807) is 6.07 Å². The molecule has 0 unspecified atom stereocenters. The van der Waals surface area contributed by atoms with Gasteiger partial charge in [-0.05, 0) is 35.9 Å². The van der Waals surface area contributed by atoms with Gasteiger partial charge < -0.3 is 8.98 Å². The van der Waals surface area contributed by atoms with Crippen LogP contribution in [0, 0.1) is 17.9 Å². The Hall–Kier alpha value is -3.50. The van der Waals surface area contributed by atoms with E-state index in [1.165, 1.54) is 11.6 Å². The van der Waals surface area contributed by atoms with Crippen LogP contribution in [0.15, 0.2) is 70.9 Å². The molecule has 0 saturated heterocycles. The number of rotatable bonds is 4. The highest BCUT2D eigenvalue weighted by molar-refractivity contribution is 5.60. The largest absolute Gasteiger partial charge is 0.456 e. The van der Waals surface area contributed by atoms with Gasteiger partial charge in [0.15, 0.2) is 5.76 Å². The summed E-state index contributed by atoms with van der Waals surface area (Å²) in [6.07, 6.45) is 3.45. The van der Waals surface area contributed by atoms with Gasteiger partial charge in [-0.1, -0.05) is 30.3 Å². The number of nitrogens with zero attached hydrogens (tertiary/aromatic N) is 3. The zero-order valence-electron chi connectivity index (χ0n) is 12.3. The molecule has 2 heterocycles. The lowest BCUT2D eigenvalue weighted by atomic mass is 10.2. The van der Waals surface area contributed by atoms with Crippen molar-refractivity contribution >= 4 is 6.08 Å². The van der Waals surface area contributed by atoms with Crippen LogP contribution in [-0.4, -0.2) is 4.57 Å². The van der Waals surface area contributed by atoms with Crippen LogP contribution in [0.1, 0.15) is 11.3 Å². The normalized spacial score (nSPS) is 11.0. The minimum absolute atomic E-state index is 0.00516. The Balaban J connectivity index is 1.89. The van der Waals surface area contributed by atoms with Crippen molar-refractivity contribution in [3.8, 4) is 17.5 Å². The lowest BCUT2D eigenvalue weighted by Gasteiger charge is -2.07. The number of hydrogen-bond acceptors (Lipinski definition) is 2. The Bertz CT molecular complexity index is 901. The molecule has 0 spiro atoms. The first-order valence-electron chi connectivity index (χ1n) is 7.08. The van der Waals surface area contributed by atoms with Crippen LogP contribution < -0.4 is 0 Å². The summed E-state index contributed by atoms with van der Waals surface area (Å²) in [6.45, 7) is 7.65. The van der Waals surface area contributed by atoms with E-state index < -0.39 is 0 Å². The van der Waals surface area contributed by atoms with E-state index in [2.05, 4.69) is 21.5 Å². The molecule has 0 radical (unpaired) electrons. The Labute approximate surface area is 134 Å². The minimum Gasteiger partial charge on any atom is -0.456 e. The van der Waals surface area contributed by atoms with Gasteiger partial charge in [0.05, 0.1) is 18.3 Å². The molecule has 4 heteroatoms. The summed E-state index contributed by atoms with van der Waals surface area (Å²) in [7, 11) is 0. The Morgan fingerprint density at radius 1 is 1.17 bits per heavy atom. The highest BCUT2D eigenvalue weighted by Gasteiger charge is 2.09. The molecular formula is C19H13N3O. The van der Waals surface area contributed by atoms with Crippen molar-refractivity contribution in [2.75, 3.05) is 0 Å². The summed E-state index contributed by atoms with van der Waals surface area (Å²) in [4.78, 5) is 3.13. The van der Waals surface area contributed by atoms with E-state index >= 15 is 0 Å². The molecule has 110 valence electrons. The number of benzene rings is 1. The van der Waals surface area contributed by atoms with Crippen molar-refractivity contribution in [1.82, 2.24) is 4.57 Å². The summed E-state index contributed by atoms with van der Waals surface area (Å²) in [5, 5.41) is 8.81. The van der Waals surface area contributed by atoms with Crippen molar-refractivity contribution in [2.45, 2.75) is 6.54 Å². The van der Waals surface area contributed by atoms with Crippen LogP contribution in [0.3, 0.4) is 0 Å². The second-order valence-corrected chi connectivity index (χ2v) is 4.96. The number of aromatic nitrogens is 1. The number of furan rings is 1. The van der Waals surface area contributed by atoms with E-state index in [1.807, 2.05) is 48.7 Å². The van der Waals surface area contributed by atoms with Gasteiger partial charge in [-0.2, -0.15) is 0 Å².